The Bertz CT molecular complexity index is 481. The van der Waals surface area contributed by atoms with E-state index < -0.39 is 0 Å². The topological polar surface area (TPSA) is 72.7 Å². The fraction of sp³-hybridized carbons (Fsp3) is 0.333. The van der Waals surface area contributed by atoms with Gasteiger partial charge in [0, 0.05) is 11.9 Å². The molecule has 0 aliphatic heterocycles. The first-order valence-electron chi connectivity index (χ1n) is 4.91. The number of carbonyl (C=O) groups is 1. The standard InChI is InChI=1S/C9H11N5OS2/c1-10-8(15)6-17-9-11-12-13-14(9)5-7-3-2-4-16-7/h2-4H,5-6H2,1H3,(H,10,15). The largest absolute Gasteiger partial charge is 0.358 e. The highest BCUT2D eigenvalue weighted by atomic mass is 32.2. The number of nitrogens with zero attached hydrogens (tertiary/aromatic N) is 4. The molecule has 0 bridgehead atoms. The third kappa shape index (κ3) is 3.27. The third-order valence-electron chi connectivity index (χ3n) is 2.00. The first-order chi connectivity index (χ1) is 8.29. The molecule has 0 aliphatic carbocycles. The fourth-order valence-electron chi connectivity index (χ4n) is 1.15. The number of amides is 1. The highest BCUT2D eigenvalue weighted by Gasteiger charge is 2.09. The Hall–Kier alpha value is -1.41. The number of tetrazole rings is 1. The number of thioether (sulfide) groups is 1. The van der Waals surface area contributed by atoms with E-state index in [-0.39, 0.29) is 5.91 Å². The van der Waals surface area contributed by atoms with Crippen molar-refractivity contribution in [2.24, 2.45) is 0 Å². The lowest BCUT2D eigenvalue weighted by Gasteiger charge is -2.01. The number of thiophene rings is 1. The molecule has 0 spiro atoms. The average molecular weight is 269 g/mol. The number of nitrogens with one attached hydrogen (secondary N) is 1. The van der Waals surface area contributed by atoms with Crippen molar-refractivity contribution in [3.05, 3.63) is 22.4 Å². The van der Waals surface area contributed by atoms with E-state index in [2.05, 4.69) is 20.8 Å². The smallest absolute Gasteiger partial charge is 0.230 e. The van der Waals surface area contributed by atoms with Crippen molar-refractivity contribution in [2.75, 3.05) is 12.8 Å². The van der Waals surface area contributed by atoms with Crippen LogP contribution in [0.5, 0.6) is 0 Å². The Balaban J connectivity index is 1.99. The number of hydrogen-bond acceptors (Lipinski definition) is 6. The number of carbonyl (C=O) groups excluding carboxylic acids is 1. The van der Waals surface area contributed by atoms with Crippen molar-refractivity contribution in [2.45, 2.75) is 11.7 Å². The summed E-state index contributed by atoms with van der Waals surface area (Å²) in [5.41, 5.74) is 0. The molecule has 0 atom stereocenters. The minimum Gasteiger partial charge on any atom is -0.358 e. The van der Waals surface area contributed by atoms with Crippen LogP contribution in [0.1, 0.15) is 4.88 Å². The molecule has 2 aromatic heterocycles. The average Bonchev–Trinajstić information content (AvgIpc) is 2.98. The Kier molecular flexibility index (Phi) is 4.10. The highest BCUT2D eigenvalue weighted by Crippen LogP contribution is 2.16. The lowest BCUT2D eigenvalue weighted by atomic mass is 10.5. The van der Waals surface area contributed by atoms with E-state index in [1.54, 1.807) is 23.1 Å². The van der Waals surface area contributed by atoms with Crippen molar-refractivity contribution in [1.29, 1.82) is 0 Å². The van der Waals surface area contributed by atoms with E-state index in [1.165, 1.54) is 16.6 Å². The van der Waals surface area contributed by atoms with Crippen molar-refractivity contribution in [3.8, 4) is 0 Å². The summed E-state index contributed by atoms with van der Waals surface area (Å²) in [7, 11) is 1.61. The first-order valence-corrected chi connectivity index (χ1v) is 6.78. The van der Waals surface area contributed by atoms with Gasteiger partial charge in [0.05, 0.1) is 12.3 Å². The van der Waals surface area contributed by atoms with Gasteiger partial charge in [-0.15, -0.1) is 16.4 Å². The first kappa shape index (κ1) is 12.1. The molecular weight excluding hydrogens is 258 g/mol. The molecule has 0 unspecified atom stereocenters. The maximum atomic E-state index is 11.1. The van der Waals surface area contributed by atoms with E-state index in [1.807, 2.05) is 17.5 Å². The van der Waals surface area contributed by atoms with Gasteiger partial charge in [-0.1, -0.05) is 17.8 Å². The third-order valence-corrected chi connectivity index (χ3v) is 3.81. The molecule has 90 valence electrons. The van der Waals surface area contributed by atoms with Gasteiger partial charge in [0.1, 0.15) is 0 Å². The Morgan fingerprint density at radius 1 is 1.65 bits per heavy atom. The van der Waals surface area contributed by atoms with Crippen LogP contribution in [0.15, 0.2) is 22.7 Å². The number of hydrogen-bond donors (Lipinski definition) is 1. The quantitative estimate of drug-likeness (QED) is 0.806. The zero-order chi connectivity index (χ0) is 12.1. The van der Waals surface area contributed by atoms with Crippen molar-refractivity contribution in [3.63, 3.8) is 0 Å². The molecule has 0 radical (unpaired) electrons. The number of rotatable bonds is 5. The summed E-state index contributed by atoms with van der Waals surface area (Å²) >= 11 is 2.98. The maximum absolute atomic E-state index is 11.1. The molecule has 2 aromatic rings. The van der Waals surface area contributed by atoms with Gasteiger partial charge in [-0.25, -0.2) is 4.68 Å². The summed E-state index contributed by atoms with van der Waals surface area (Å²) in [6.45, 7) is 0.640. The van der Waals surface area contributed by atoms with Crippen LogP contribution in [0, 0.1) is 0 Å². The van der Waals surface area contributed by atoms with Gasteiger partial charge in [-0.3, -0.25) is 4.79 Å². The van der Waals surface area contributed by atoms with Gasteiger partial charge >= 0.3 is 0 Å². The molecule has 2 heterocycles. The minimum absolute atomic E-state index is 0.0410. The van der Waals surface area contributed by atoms with Crippen molar-refractivity contribution in [1.82, 2.24) is 25.5 Å². The van der Waals surface area contributed by atoms with Crippen LogP contribution in [-0.2, 0) is 11.3 Å². The zero-order valence-electron chi connectivity index (χ0n) is 9.16. The van der Waals surface area contributed by atoms with Gasteiger partial charge in [0.15, 0.2) is 0 Å². The van der Waals surface area contributed by atoms with Crippen LogP contribution in [0.4, 0.5) is 0 Å². The maximum Gasteiger partial charge on any atom is 0.230 e. The summed E-state index contributed by atoms with van der Waals surface area (Å²) in [5.74, 6) is 0.280. The molecule has 0 saturated carbocycles. The highest BCUT2D eigenvalue weighted by molar-refractivity contribution is 7.99. The van der Waals surface area contributed by atoms with Crippen LogP contribution in [0.2, 0.25) is 0 Å². The minimum atomic E-state index is -0.0410. The molecule has 0 saturated heterocycles. The number of aromatic nitrogens is 4. The SMILES string of the molecule is CNC(=O)CSc1nnnn1Cc1cccs1. The predicted octanol–water partition coefficient (Wildman–Crippen LogP) is 0.621. The Labute approximate surface area is 106 Å². The molecule has 0 fully saturated rings. The van der Waals surface area contributed by atoms with Crippen molar-refractivity contribution < 1.29 is 4.79 Å². The van der Waals surface area contributed by atoms with Crippen LogP contribution in [0.3, 0.4) is 0 Å². The lowest BCUT2D eigenvalue weighted by Crippen LogP contribution is -2.20. The van der Waals surface area contributed by atoms with E-state index in [0.717, 1.165) is 0 Å². The molecular formula is C9H11N5OS2. The van der Waals surface area contributed by atoms with E-state index in [0.29, 0.717) is 17.5 Å². The summed E-state index contributed by atoms with van der Waals surface area (Å²) in [4.78, 5) is 12.3. The molecule has 1 amide bonds. The van der Waals surface area contributed by atoms with Gasteiger partial charge in [-0.05, 0) is 21.9 Å². The molecule has 17 heavy (non-hydrogen) atoms. The van der Waals surface area contributed by atoms with Crippen LogP contribution < -0.4 is 5.32 Å². The molecule has 8 heteroatoms. The van der Waals surface area contributed by atoms with Gasteiger partial charge < -0.3 is 5.32 Å². The van der Waals surface area contributed by atoms with Crippen LogP contribution in [-0.4, -0.2) is 38.9 Å². The molecule has 6 nitrogen and oxygen atoms in total. The Morgan fingerprint density at radius 3 is 3.24 bits per heavy atom. The van der Waals surface area contributed by atoms with Gasteiger partial charge in [0.25, 0.3) is 0 Å². The normalized spacial score (nSPS) is 10.4. The second-order valence-corrected chi connectivity index (χ2v) is 5.14. The molecule has 0 aliphatic rings. The summed E-state index contributed by atoms with van der Waals surface area (Å²) in [6.07, 6.45) is 0. The zero-order valence-corrected chi connectivity index (χ0v) is 10.8. The molecule has 0 aromatic carbocycles. The van der Waals surface area contributed by atoms with Crippen molar-refractivity contribution >= 4 is 29.0 Å². The van der Waals surface area contributed by atoms with Crippen LogP contribution >= 0.6 is 23.1 Å². The second-order valence-electron chi connectivity index (χ2n) is 3.16. The van der Waals surface area contributed by atoms with Crippen LogP contribution in [0.25, 0.3) is 0 Å². The van der Waals surface area contributed by atoms with Gasteiger partial charge in [-0.2, -0.15) is 0 Å². The summed E-state index contributed by atoms with van der Waals surface area (Å²) < 4.78 is 1.69. The predicted molar refractivity (Wildman–Crippen MR) is 66.0 cm³/mol. The fourth-order valence-corrected chi connectivity index (χ4v) is 2.59. The molecule has 2 rings (SSSR count). The monoisotopic (exact) mass is 269 g/mol. The second kappa shape index (κ2) is 5.78. The Morgan fingerprint density at radius 2 is 2.53 bits per heavy atom. The van der Waals surface area contributed by atoms with E-state index >= 15 is 0 Å². The molecule has 1 N–H and O–H groups in total. The summed E-state index contributed by atoms with van der Waals surface area (Å²) in [5, 5.41) is 16.6. The van der Waals surface area contributed by atoms with E-state index in [4.69, 9.17) is 0 Å². The lowest BCUT2D eigenvalue weighted by molar-refractivity contribution is -0.118. The summed E-state index contributed by atoms with van der Waals surface area (Å²) in [6, 6.07) is 4.02. The van der Waals surface area contributed by atoms with Gasteiger partial charge in [0.2, 0.25) is 11.1 Å². The van der Waals surface area contributed by atoms with E-state index in [9.17, 15) is 4.79 Å².